The zero-order chi connectivity index (χ0) is 13.9. The van der Waals surface area contributed by atoms with Crippen LogP contribution in [0.15, 0.2) is 24.3 Å². The lowest BCUT2D eigenvalue weighted by Crippen LogP contribution is -2.46. The van der Waals surface area contributed by atoms with E-state index in [1.54, 1.807) is 0 Å². The third-order valence-electron chi connectivity index (χ3n) is 5.20. The molecule has 110 valence electrons. The van der Waals surface area contributed by atoms with Gasteiger partial charge in [0.15, 0.2) is 0 Å². The summed E-state index contributed by atoms with van der Waals surface area (Å²) in [4.78, 5) is 4.93. The van der Waals surface area contributed by atoms with E-state index < -0.39 is 0 Å². The van der Waals surface area contributed by atoms with Crippen molar-refractivity contribution in [1.29, 1.82) is 0 Å². The average molecular weight is 272 g/mol. The second-order valence-electron chi connectivity index (χ2n) is 6.79. The summed E-state index contributed by atoms with van der Waals surface area (Å²) in [7, 11) is 4.21. The number of benzene rings is 1. The summed E-state index contributed by atoms with van der Waals surface area (Å²) >= 11 is 0. The van der Waals surface area contributed by atoms with Crippen LogP contribution >= 0.6 is 0 Å². The zero-order valence-electron chi connectivity index (χ0n) is 13.0. The van der Waals surface area contributed by atoms with E-state index >= 15 is 0 Å². The van der Waals surface area contributed by atoms with Crippen molar-refractivity contribution >= 4 is 5.69 Å². The van der Waals surface area contributed by atoms with Gasteiger partial charge in [-0.05, 0) is 55.8 Å². The van der Waals surface area contributed by atoms with Crippen molar-refractivity contribution in [3.8, 4) is 0 Å². The summed E-state index contributed by atoms with van der Waals surface area (Å²) in [6.07, 6.45) is 8.68. The van der Waals surface area contributed by atoms with Gasteiger partial charge >= 0.3 is 0 Å². The summed E-state index contributed by atoms with van der Waals surface area (Å²) in [6.45, 7) is 2.45. The van der Waals surface area contributed by atoms with Crippen LogP contribution in [0.4, 0.5) is 5.69 Å². The summed E-state index contributed by atoms with van der Waals surface area (Å²) < 4.78 is 0. The number of likely N-dealkylation sites (tertiary alicyclic amines) is 1. The third-order valence-corrected chi connectivity index (χ3v) is 5.20. The second-order valence-corrected chi connectivity index (χ2v) is 6.79. The molecule has 1 aliphatic carbocycles. The Labute approximate surface area is 123 Å². The molecule has 2 nitrogen and oxygen atoms in total. The molecule has 0 unspecified atom stereocenters. The molecule has 1 saturated carbocycles. The van der Waals surface area contributed by atoms with Gasteiger partial charge in [0.2, 0.25) is 0 Å². The quantitative estimate of drug-likeness (QED) is 0.823. The maximum atomic E-state index is 2.76. The molecule has 3 rings (SSSR count). The van der Waals surface area contributed by atoms with Crippen molar-refractivity contribution in [2.75, 3.05) is 25.5 Å². The minimum Gasteiger partial charge on any atom is -0.378 e. The Morgan fingerprint density at radius 1 is 1.00 bits per heavy atom. The molecular weight excluding hydrogens is 244 g/mol. The fraction of sp³-hybridized carbons (Fsp3) is 0.667. The average Bonchev–Trinajstić information content (AvgIpc) is 2.48. The van der Waals surface area contributed by atoms with Crippen LogP contribution in [0.3, 0.4) is 0 Å². The smallest absolute Gasteiger partial charge is 0.0361 e. The summed E-state index contributed by atoms with van der Waals surface area (Å²) in [5, 5.41) is 0. The molecule has 0 amide bonds. The van der Waals surface area contributed by atoms with Crippen LogP contribution < -0.4 is 4.90 Å². The first-order chi connectivity index (χ1) is 9.74. The van der Waals surface area contributed by atoms with Crippen molar-refractivity contribution < 1.29 is 0 Å². The van der Waals surface area contributed by atoms with Gasteiger partial charge in [-0.1, -0.05) is 25.0 Å². The predicted octanol–water partition coefficient (Wildman–Crippen LogP) is 3.91. The highest BCUT2D eigenvalue weighted by molar-refractivity contribution is 5.45. The van der Waals surface area contributed by atoms with Crippen LogP contribution in [-0.2, 0) is 6.54 Å². The number of nitrogens with zero attached hydrogens (tertiary/aromatic N) is 2. The molecule has 0 spiro atoms. The number of fused-ring (bicyclic) bond motifs is 1. The van der Waals surface area contributed by atoms with Gasteiger partial charge in [0.25, 0.3) is 0 Å². The Kier molecular flexibility index (Phi) is 4.30. The molecule has 20 heavy (non-hydrogen) atoms. The first-order valence-corrected chi connectivity index (χ1v) is 8.24. The molecule has 1 aromatic carbocycles. The zero-order valence-corrected chi connectivity index (χ0v) is 13.0. The van der Waals surface area contributed by atoms with E-state index in [0.717, 1.165) is 18.5 Å². The van der Waals surface area contributed by atoms with E-state index in [1.165, 1.54) is 56.3 Å². The molecule has 1 aromatic rings. The molecule has 0 bridgehead atoms. The van der Waals surface area contributed by atoms with Crippen LogP contribution in [0, 0.1) is 5.92 Å². The highest BCUT2D eigenvalue weighted by Gasteiger charge is 2.32. The maximum Gasteiger partial charge on any atom is 0.0361 e. The van der Waals surface area contributed by atoms with E-state index in [-0.39, 0.29) is 0 Å². The molecule has 1 heterocycles. The second kappa shape index (κ2) is 6.17. The van der Waals surface area contributed by atoms with Crippen molar-refractivity contribution in [3.05, 3.63) is 29.8 Å². The van der Waals surface area contributed by atoms with E-state index in [2.05, 4.69) is 48.2 Å². The number of hydrogen-bond donors (Lipinski definition) is 0. The summed E-state index contributed by atoms with van der Waals surface area (Å²) in [5.74, 6) is 0.985. The monoisotopic (exact) mass is 272 g/mol. The van der Waals surface area contributed by atoms with Crippen molar-refractivity contribution in [3.63, 3.8) is 0 Å². The van der Waals surface area contributed by atoms with Crippen molar-refractivity contribution in [1.82, 2.24) is 4.90 Å². The summed E-state index contributed by atoms with van der Waals surface area (Å²) in [6, 6.07) is 9.98. The number of hydrogen-bond acceptors (Lipinski definition) is 2. The highest BCUT2D eigenvalue weighted by Crippen LogP contribution is 2.35. The normalized spacial score (nSPS) is 27.1. The van der Waals surface area contributed by atoms with Gasteiger partial charge in [-0.2, -0.15) is 0 Å². The Balaban J connectivity index is 1.66. The Bertz CT molecular complexity index is 422. The van der Waals surface area contributed by atoms with Crippen LogP contribution in [-0.4, -0.2) is 31.6 Å². The maximum absolute atomic E-state index is 2.76. The molecule has 0 aromatic heterocycles. The molecule has 0 radical (unpaired) electrons. The van der Waals surface area contributed by atoms with Gasteiger partial charge in [-0.25, -0.2) is 0 Å². The lowest BCUT2D eigenvalue weighted by Gasteiger charge is -2.44. The first kappa shape index (κ1) is 13.9. The van der Waals surface area contributed by atoms with E-state index in [9.17, 15) is 0 Å². The minimum atomic E-state index is 0.867. The Morgan fingerprint density at radius 3 is 2.45 bits per heavy atom. The van der Waals surface area contributed by atoms with Crippen molar-refractivity contribution in [2.45, 2.75) is 51.1 Å². The van der Waals surface area contributed by atoms with Crippen LogP contribution in [0.2, 0.25) is 0 Å². The van der Waals surface area contributed by atoms with E-state index in [0.29, 0.717) is 0 Å². The lowest BCUT2D eigenvalue weighted by atomic mass is 9.78. The van der Waals surface area contributed by atoms with Gasteiger partial charge in [0.05, 0.1) is 0 Å². The molecule has 2 fully saturated rings. The number of anilines is 1. The standard InChI is InChI=1S/C18H28N2/c1-19(2)17-11-9-15(10-12-17)14-20-13-5-7-16-6-3-4-8-18(16)20/h9-12,16,18H,3-8,13-14H2,1-2H3/t16-,18-/m1/s1. The molecule has 2 heteroatoms. The van der Waals surface area contributed by atoms with E-state index in [4.69, 9.17) is 0 Å². The predicted molar refractivity (Wildman–Crippen MR) is 86.2 cm³/mol. The minimum absolute atomic E-state index is 0.867. The lowest BCUT2D eigenvalue weighted by molar-refractivity contribution is 0.0547. The topological polar surface area (TPSA) is 6.48 Å². The fourth-order valence-electron chi connectivity index (χ4n) is 4.06. The molecule has 1 saturated heterocycles. The van der Waals surface area contributed by atoms with Crippen LogP contribution in [0.1, 0.15) is 44.1 Å². The fourth-order valence-corrected chi connectivity index (χ4v) is 4.06. The first-order valence-electron chi connectivity index (χ1n) is 8.24. The van der Waals surface area contributed by atoms with Gasteiger partial charge < -0.3 is 4.90 Å². The number of rotatable bonds is 3. The molecular formula is C18H28N2. The van der Waals surface area contributed by atoms with Crippen LogP contribution in [0.25, 0.3) is 0 Å². The van der Waals surface area contributed by atoms with E-state index in [1.807, 2.05) is 0 Å². The molecule has 2 atom stereocenters. The molecule has 1 aliphatic heterocycles. The third kappa shape index (κ3) is 3.01. The largest absolute Gasteiger partial charge is 0.378 e. The molecule has 0 N–H and O–H groups in total. The SMILES string of the molecule is CN(C)c1ccc(CN2CCC[C@H]3CCCC[C@H]32)cc1. The Hall–Kier alpha value is -1.02. The van der Waals surface area contributed by atoms with Gasteiger partial charge in [-0.3, -0.25) is 4.90 Å². The number of piperidine rings is 1. The van der Waals surface area contributed by atoms with Crippen molar-refractivity contribution in [2.24, 2.45) is 5.92 Å². The van der Waals surface area contributed by atoms with Gasteiger partial charge in [0, 0.05) is 32.4 Å². The Morgan fingerprint density at radius 2 is 1.70 bits per heavy atom. The summed E-state index contributed by atoms with van der Waals surface area (Å²) in [5.41, 5.74) is 2.77. The molecule has 2 aliphatic rings. The highest BCUT2D eigenvalue weighted by atomic mass is 15.2. The van der Waals surface area contributed by atoms with Crippen LogP contribution in [0.5, 0.6) is 0 Å². The van der Waals surface area contributed by atoms with Gasteiger partial charge in [-0.15, -0.1) is 0 Å². The van der Waals surface area contributed by atoms with Gasteiger partial charge in [0.1, 0.15) is 0 Å².